The largest absolute Gasteiger partial charge is 0.390 e. The van der Waals surface area contributed by atoms with Gasteiger partial charge in [-0.15, -0.1) is 6.58 Å². The van der Waals surface area contributed by atoms with Gasteiger partial charge in [-0.3, -0.25) is 4.79 Å². The second-order valence-electron chi connectivity index (χ2n) is 5.96. The van der Waals surface area contributed by atoms with Crippen molar-refractivity contribution in [2.75, 3.05) is 13.1 Å². The van der Waals surface area contributed by atoms with E-state index in [4.69, 9.17) is 4.84 Å². The number of carbonyl (C=O) groups is 1. The maximum absolute atomic E-state index is 13.9. The molecule has 0 saturated heterocycles. The van der Waals surface area contributed by atoms with E-state index in [1.165, 1.54) is 35.2 Å². The molecule has 0 radical (unpaired) electrons. The van der Waals surface area contributed by atoms with Gasteiger partial charge in [-0.2, -0.15) is 0 Å². The van der Waals surface area contributed by atoms with Crippen LogP contribution in [0.1, 0.15) is 22.3 Å². The maximum atomic E-state index is 13.9. The molecule has 0 N–H and O–H groups in total. The summed E-state index contributed by atoms with van der Waals surface area (Å²) in [4.78, 5) is 19.5. The van der Waals surface area contributed by atoms with Crippen molar-refractivity contribution < 1.29 is 18.4 Å². The third-order valence-electron chi connectivity index (χ3n) is 4.06. The van der Waals surface area contributed by atoms with Gasteiger partial charge in [0, 0.05) is 18.5 Å². The van der Waals surface area contributed by atoms with Gasteiger partial charge in [0.2, 0.25) is 0 Å². The second kappa shape index (κ2) is 7.91. The summed E-state index contributed by atoms with van der Waals surface area (Å²) in [5, 5.41) is 4.00. The van der Waals surface area contributed by atoms with Crippen LogP contribution in [0, 0.1) is 11.6 Å². The Morgan fingerprint density at radius 1 is 1.27 bits per heavy atom. The van der Waals surface area contributed by atoms with Gasteiger partial charge in [-0.1, -0.05) is 35.5 Å². The lowest BCUT2D eigenvalue weighted by molar-refractivity contribution is 0.0447. The van der Waals surface area contributed by atoms with Crippen LogP contribution in [0.2, 0.25) is 0 Å². The van der Waals surface area contributed by atoms with Crippen molar-refractivity contribution in [2.45, 2.75) is 12.5 Å². The van der Waals surface area contributed by atoms with E-state index in [9.17, 15) is 13.6 Å². The molecule has 0 unspecified atom stereocenters. The number of hydrogen-bond donors (Lipinski definition) is 0. The first-order valence-electron chi connectivity index (χ1n) is 8.22. The summed E-state index contributed by atoms with van der Waals surface area (Å²) in [6.07, 6.45) is 1.62. The molecule has 0 aliphatic carbocycles. The van der Waals surface area contributed by atoms with E-state index in [0.717, 1.165) is 0 Å². The van der Waals surface area contributed by atoms with Crippen LogP contribution in [0.4, 0.5) is 8.78 Å². The molecule has 6 heteroatoms. The zero-order valence-corrected chi connectivity index (χ0v) is 14.1. The lowest BCUT2D eigenvalue weighted by Crippen LogP contribution is -2.38. The summed E-state index contributed by atoms with van der Waals surface area (Å²) in [7, 11) is 0. The monoisotopic (exact) mass is 356 g/mol. The molecule has 0 fully saturated rings. The zero-order valence-electron chi connectivity index (χ0n) is 14.1. The lowest BCUT2D eigenvalue weighted by atomic mass is 10.0. The van der Waals surface area contributed by atoms with Gasteiger partial charge in [0.05, 0.1) is 17.8 Å². The molecule has 0 spiro atoms. The average Bonchev–Trinajstić information content (AvgIpc) is 3.10. The summed E-state index contributed by atoms with van der Waals surface area (Å²) >= 11 is 0. The first kappa shape index (κ1) is 17.8. The highest BCUT2D eigenvalue weighted by Crippen LogP contribution is 2.19. The average molecular weight is 356 g/mol. The lowest BCUT2D eigenvalue weighted by Gasteiger charge is -2.23. The number of oxime groups is 1. The number of hydrogen-bond acceptors (Lipinski definition) is 3. The molecule has 2 aromatic carbocycles. The Balaban J connectivity index is 1.69. The molecule has 1 amide bonds. The number of benzene rings is 2. The van der Waals surface area contributed by atoms with Crippen LogP contribution in [-0.4, -0.2) is 35.7 Å². The highest BCUT2D eigenvalue weighted by atomic mass is 19.1. The smallest absolute Gasteiger partial charge is 0.257 e. The molecule has 26 heavy (non-hydrogen) atoms. The van der Waals surface area contributed by atoms with Crippen molar-refractivity contribution in [3.63, 3.8) is 0 Å². The van der Waals surface area contributed by atoms with Crippen LogP contribution >= 0.6 is 0 Å². The molecule has 0 aromatic heterocycles. The van der Waals surface area contributed by atoms with Gasteiger partial charge < -0.3 is 9.74 Å². The predicted molar refractivity (Wildman–Crippen MR) is 94.9 cm³/mol. The second-order valence-corrected chi connectivity index (χ2v) is 5.96. The van der Waals surface area contributed by atoms with Crippen LogP contribution in [0.5, 0.6) is 0 Å². The van der Waals surface area contributed by atoms with E-state index in [-0.39, 0.29) is 30.6 Å². The quantitative estimate of drug-likeness (QED) is 0.739. The summed E-state index contributed by atoms with van der Waals surface area (Å²) in [6, 6.07) is 11.9. The fraction of sp³-hybridized carbons (Fsp3) is 0.200. The van der Waals surface area contributed by atoms with E-state index in [1.54, 1.807) is 24.3 Å². The van der Waals surface area contributed by atoms with Gasteiger partial charge in [0.25, 0.3) is 5.91 Å². The number of nitrogens with zero attached hydrogens (tertiary/aromatic N) is 2. The van der Waals surface area contributed by atoms with Crippen LogP contribution in [0.25, 0.3) is 0 Å². The molecule has 2 aromatic rings. The molecule has 1 heterocycles. The van der Waals surface area contributed by atoms with Crippen molar-refractivity contribution in [1.29, 1.82) is 0 Å². The molecule has 0 bridgehead atoms. The van der Waals surface area contributed by atoms with Crippen LogP contribution in [-0.2, 0) is 4.84 Å². The zero-order chi connectivity index (χ0) is 18.5. The van der Waals surface area contributed by atoms with E-state index in [1.807, 2.05) is 0 Å². The van der Waals surface area contributed by atoms with Gasteiger partial charge in [-0.25, -0.2) is 8.78 Å². The summed E-state index contributed by atoms with van der Waals surface area (Å²) in [5.74, 6) is -1.36. The molecule has 4 nitrogen and oxygen atoms in total. The normalized spacial score (nSPS) is 15.9. The fourth-order valence-corrected chi connectivity index (χ4v) is 2.81. The number of halogens is 2. The maximum Gasteiger partial charge on any atom is 0.257 e. The first-order valence-corrected chi connectivity index (χ1v) is 8.22. The Morgan fingerprint density at radius 2 is 2.08 bits per heavy atom. The fourth-order valence-electron chi connectivity index (χ4n) is 2.81. The molecule has 1 atom stereocenters. The summed E-state index contributed by atoms with van der Waals surface area (Å²) in [5.41, 5.74) is 1.26. The molecule has 3 rings (SSSR count). The van der Waals surface area contributed by atoms with Crippen molar-refractivity contribution in [3.8, 4) is 0 Å². The van der Waals surface area contributed by atoms with Gasteiger partial charge in [0.15, 0.2) is 6.10 Å². The third kappa shape index (κ3) is 3.96. The van der Waals surface area contributed by atoms with E-state index < -0.39 is 11.7 Å². The Morgan fingerprint density at radius 3 is 2.81 bits per heavy atom. The number of rotatable bonds is 6. The molecule has 1 aliphatic rings. The van der Waals surface area contributed by atoms with Crippen molar-refractivity contribution in [2.24, 2.45) is 5.16 Å². The molecular weight excluding hydrogens is 338 g/mol. The van der Waals surface area contributed by atoms with Crippen molar-refractivity contribution in [1.82, 2.24) is 4.90 Å². The first-order chi connectivity index (χ1) is 12.6. The standard InChI is InChI=1S/C20H18F2N2O2/c1-2-10-24(20(25)17-8-3-4-9-18(17)22)13-16-12-19(23-26-16)14-6-5-7-15(21)11-14/h2-9,11,16H,1,10,12-13H2/t16-/m1/s1. The highest BCUT2D eigenvalue weighted by Gasteiger charge is 2.27. The number of carbonyl (C=O) groups excluding carboxylic acids is 1. The van der Waals surface area contributed by atoms with Crippen LogP contribution < -0.4 is 0 Å². The predicted octanol–water partition coefficient (Wildman–Crippen LogP) is 3.79. The van der Waals surface area contributed by atoms with Crippen molar-refractivity contribution in [3.05, 3.63) is 83.9 Å². The van der Waals surface area contributed by atoms with E-state index >= 15 is 0 Å². The van der Waals surface area contributed by atoms with Crippen LogP contribution in [0.3, 0.4) is 0 Å². The Bertz CT molecular complexity index is 851. The Kier molecular flexibility index (Phi) is 5.41. The SMILES string of the molecule is C=CCN(C[C@H]1CC(c2cccc(F)c2)=NO1)C(=O)c1ccccc1F. The summed E-state index contributed by atoms with van der Waals surface area (Å²) in [6.45, 7) is 4.12. The minimum atomic E-state index is -0.574. The Labute approximate surface area is 150 Å². The third-order valence-corrected chi connectivity index (χ3v) is 4.06. The van der Waals surface area contributed by atoms with E-state index in [0.29, 0.717) is 17.7 Å². The summed E-state index contributed by atoms with van der Waals surface area (Å²) < 4.78 is 27.3. The van der Waals surface area contributed by atoms with E-state index in [2.05, 4.69) is 11.7 Å². The van der Waals surface area contributed by atoms with Gasteiger partial charge in [-0.05, 0) is 24.3 Å². The minimum Gasteiger partial charge on any atom is -0.390 e. The van der Waals surface area contributed by atoms with Gasteiger partial charge >= 0.3 is 0 Å². The van der Waals surface area contributed by atoms with Crippen molar-refractivity contribution >= 4 is 11.6 Å². The highest BCUT2D eigenvalue weighted by molar-refractivity contribution is 6.01. The minimum absolute atomic E-state index is 0.00128. The van der Waals surface area contributed by atoms with Gasteiger partial charge in [0.1, 0.15) is 11.6 Å². The Hall–Kier alpha value is -3.02. The number of amides is 1. The molecular formula is C20H18F2N2O2. The topological polar surface area (TPSA) is 41.9 Å². The molecule has 134 valence electrons. The molecule has 1 aliphatic heterocycles. The molecule has 0 saturated carbocycles. The van der Waals surface area contributed by atoms with Crippen LogP contribution in [0.15, 0.2) is 66.3 Å².